The van der Waals surface area contributed by atoms with Crippen molar-refractivity contribution < 1.29 is 33.3 Å². The van der Waals surface area contributed by atoms with Gasteiger partial charge in [0.15, 0.2) is 17.7 Å². The van der Waals surface area contributed by atoms with Crippen molar-refractivity contribution in [1.82, 2.24) is 0 Å². The molecular formula is C31H46O7. The molecule has 1 spiro atoms. The fourth-order valence-corrected chi connectivity index (χ4v) is 10.7. The summed E-state index contributed by atoms with van der Waals surface area (Å²) in [5.41, 5.74) is -0.646. The van der Waals surface area contributed by atoms with E-state index in [0.717, 1.165) is 51.4 Å². The Morgan fingerprint density at radius 2 is 1.68 bits per heavy atom. The summed E-state index contributed by atoms with van der Waals surface area (Å²) >= 11 is 0. The quantitative estimate of drug-likeness (QED) is 0.460. The smallest absolute Gasteiger partial charge is 0.303 e. The van der Waals surface area contributed by atoms with Gasteiger partial charge in [-0.15, -0.1) is 0 Å². The topological polar surface area (TPSA) is 88.1 Å². The fraction of sp³-hybridized carbons (Fsp3) is 0.903. The van der Waals surface area contributed by atoms with E-state index in [1.165, 1.54) is 13.8 Å². The van der Waals surface area contributed by atoms with E-state index < -0.39 is 17.3 Å². The molecule has 6 fully saturated rings. The zero-order valence-electron chi connectivity index (χ0n) is 24.0. The first kappa shape index (κ1) is 26.7. The molecule has 4 aliphatic carbocycles. The summed E-state index contributed by atoms with van der Waals surface area (Å²) in [6.07, 6.45) is 6.54. The van der Waals surface area contributed by atoms with Crippen molar-refractivity contribution in [2.45, 2.75) is 117 Å². The fourth-order valence-electron chi connectivity index (χ4n) is 10.7. The van der Waals surface area contributed by atoms with Gasteiger partial charge in [-0.25, -0.2) is 0 Å². The molecule has 0 radical (unpaired) electrons. The van der Waals surface area contributed by atoms with Crippen LogP contribution in [0.1, 0.15) is 92.9 Å². The standard InChI is InChI=1S/C31H46O7/c1-16-9-12-31(35-15-16)17(2)25-24(38-31)14-23-22-8-7-20-13-21(36-18(3)32)10-11-29(20,5)26(22)27(34)28(30(23,25)6)37-19(4)33/h16-17,20-26,28H,7-15H2,1-6H3/t16-,17+,20+,21+,22+,23+,24+,25+,26-,28?,29+,30+,31-/m1/s1. The van der Waals surface area contributed by atoms with Crippen LogP contribution in [0.25, 0.3) is 0 Å². The molecule has 2 heterocycles. The predicted molar refractivity (Wildman–Crippen MR) is 139 cm³/mol. The van der Waals surface area contributed by atoms with E-state index in [-0.39, 0.29) is 64.9 Å². The lowest BCUT2D eigenvalue weighted by Gasteiger charge is -2.61. The third-order valence-corrected chi connectivity index (χ3v) is 12.3. The highest BCUT2D eigenvalue weighted by atomic mass is 16.7. The summed E-state index contributed by atoms with van der Waals surface area (Å²) in [5, 5.41) is 0. The molecule has 0 aromatic heterocycles. The van der Waals surface area contributed by atoms with Crippen LogP contribution in [-0.2, 0) is 33.3 Å². The van der Waals surface area contributed by atoms with Gasteiger partial charge < -0.3 is 18.9 Å². The molecule has 0 aromatic rings. The number of carbonyl (C=O) groups excluding carboxylic acids is 3. The summed E-state index contributed by atoms with van der Waals surface area (Å²) in [6.45, 7) is 12.6. The van der Waals surface area contributed by atoms with Gasteiger partial charge in [-0.3, -0.25) is 14.4 Å². The van der Waals surface area contributed by atoms with E-state index in [1.54, 1.807) is 0 Å². The van der Waals surface area contributed by atoms with Crippen LogP contribution in [0.15, 0.2) is 0 Å². The summed E-state index contributed by atoms with van der Waals surface area (Å²) in [6, 6.07) is 0. The number of esters is 2. The van der Waals surface area contributed by atoms with E-state index >= 15 is 0 Å². The van der Waals surface area contributed by atoms with Gasteiger partial charge >= 0.3 is 11.9 Å². The number of hydrogen-bond donors (Lipinski definition) is 0. The second-order valence-corrected chi connectivity index (χ2v) is 14.3. The number of ether oxygens (including phenoxy) is 4. The Morgan fingerprint density at radius 1 is 0.947 bits per heavy atom. The van der Waals surface area contributed by atoms with Crippen LogP contribution in [0, 0.1) is 52.3 Å². The van der Waals surface area contributed by atoms with Gasteiger partial charge in [-0.05, 0) is 74.0 Å². The molecule has 7 nitrogen and oxygen atoms in total. The van der Waals surface area contributed by atoms with Gasteiger partial charge in [0.25, 0.3) is 0 Å². The summed E-state index contributed by atoms with van der Waals surface area (Å²) in [7, 11) is 0. The highest BCUT2D eigenvalue weighted by molar-refractivity contribution is 5.90. The van der Waals surface area contributed by atoms with Crippen molar-refractivity contribution in [2.24, 2.45) is 52.3 Å². The van der Waals surface area contributed by atoms with Crippen molar-refractivity contribution in [3.8, 4) is 0 Å². The molecule has 0 N–H and O–H groups in total. The van der Waals surface area contributed by atoms with Crippen LogP contribution < -0.4 is 0 Å². The third-order valence-electron chi connectivity index (χ3n) is 12.3. The molecule has 6 aliphatic rings. The highest BCUT2D eigenvalue weighted by Crippen LogP contribution is 2.71. The molecule has 4 saturated carbocycles. The highest BCUT2D eigenvalue weighted by Gasteiger charge is 2.74. The Hall–Kier alpha value is -1.47. The molecule has 38 heavy (non-hydrogen) atoms. The molecular weight excluding hydrogens is 484 g/mol. The Balaban J connectivity index is 1.34. The van der Waals surface area contributed by atoms with Crippen molar-refractivity contribution in [3.63, 3.8) is 0 Å². The van der Waals surface area contributed by atoms with Gasteiger partial charge in [-0.1, -0.05) is 27.7 Å². The SMILES string of the molecule is CC(=O)OC1C(=O)[C@H]2[C@@H](CC[C@H]3C[C@@H](OC(C)=O)CC[C@@]32C)[C@@H]2C[C@@H]3O[C@]4(CC[C@@H](C)CO4)[C@@H](C)[C@@H]3[C@@]12C. The summed E-state index contributed by atoms with van der Waals surface area (Å²) in [4.78, 5) is 38.8. The van der Waals surface area contributed by atoms with Gasteiger partial charge in [-0.2, -0.15) is 0 Å². The Morgan fingerprint density at radius 3 is 2.34 bits per heavy atom. The van der Waals surface area contributed by atoms with E-state index in [4.69, 9.17) is 18.9 Å². The van der Waals surface area contributed by atoms with Gasteiger partial charge in [0.05, 0.1) is 12.7 Å². The van der Waals surface area contributed by atoms with E-state index in [2.05, 4.69) is 27.7 Å². The third kappa shape index (κ3) is 3.69. The second-order valence-electron chi connectivity index (χ2n) is 14.3. The van der Waals surface area contributed by atoms with Crippen LogP contribution >= 0.6 is 0 Å². The Bertz CT molecular complexity index is 1000. The average molecular weight is 531 g/mol. The lowest BCUT2D eigenvalue weighted by atomic mass is 9.43. The van der Waals surface area contributed by atoms with Gasteiger partial charge in [0.2, 0.25) is 0 Å². The van der Waals surface area contributed by atoms with E-state index in [1.807, 2.05) is 0 Å². The van der Waals surface area contributed by atoms with E-state index in [0.29, 0.717) is 18.4 Å². The van der Waals surface area contributed by atoms with Crippen LogP contribution in [0.2, 0.25) is 0 Å². The maximum absolute atomic E-state index is 14.6. The Kier molecular flexibility index (Phi) is 6.35. The monoisotopic (exact) mass is 530 g/mol. The van der Waals surface area contributed by atoms with Crippen molar-refractivity contribution in [3.05, 3.63) is 0 Å². The summed E-state index contributed by atoms with van der Waals surface area (Å²) < 4.78 is 25.0. The maximum Gasteiger partial charge on any atom is 0.303 e. The lowest BCUT2D eigenvalue weighted by Crippen LogP contribution is -2.65. The zero-order chi connectivity index (χ0) is 27.2. The molecule has 6 rings (SSSR count). The first-order valence-electron chi connectivity index (χ1n) is 15.1. The normalized spacial score (nSPS) is 53.5. The molecule has 2 saturated heterocycles. The minimum Gasteiger partial charge on any atom is -0.463 e. The maximum atomic E-state index is 14.6. The molecule has 0 bridgehead atoms. The molecule has 0 amide bonds. The van der Waals surface area contributed by atoms with E-state index in [9.17, 15) is 14.4 Å². The minimum absolute atomic E-state index is 0.0169. The Labute approximate surface area is 227 Å². The number of Topliss-reactive ketones (excluding diaryl/α,β-unsaturated/α-hetero) is 1. The van der Waals surface area contributed by atoms with Crippen molar-refractivity contribution in [1.29, 1.82) is 0 Å². The summed E-state index contributed by atoms with van der Waals surface area (Å²) in [5.74, 6) is 0.386. The molecule has 212 valence electrons. The van der Waals surface area contributed by atoms with Crippen LogP contribution in [0.3, 0.4) is 0 Å². The van der Waals surface area contributed by atoms with Gasteiger partial charge in [0, 0.05) is 43.4 Å². The number of hydrogen-bond acceptors (Lipinski definition) is 7. The average Bonchev–Trinajstić information content (AvgIpc) is 3.29. The van der Waals surface area contributed by atoms with Crippen molar-refractivity contribution >= 4 is 17.7 Å². The first-order valence-corrected chi connectivity index (χ1v) is 15.1. The second kappa shape index (κ2) is 9.02. The molecule has 0 aromatic carbocycles. The molecule has 2 aliphatic heterocycles. The number of carbonyl (C=O) groups is 3. The molecule has 13 atom stereocenters. The van der Waals surface area contributed by atoms with Crippen LogP contribution in [-0.4, -0.2) is 48.4 Å². The van der Waals surface area contributed by atoms with Crippen LogP contribution in [0.5, 0.6) is 0 Å². The number of ketones is 1. The van der Waals surface area contributed by atoms with Gasteiger partial charge in [0.1, 0.15) is 6.10 Å². The number of rotatable bonds is 2. The minimum atomic E-state index is -0.758. The largest absolute Gasteiger partial charge is 0.463 e. The van der Waals surface area contributed by atoms with Crippen molar-refractivity contribution in [2.75, 3.05) is 6.61 Å². The lowest BCUT2D eigenvalue weighted by molar-refractivity contribution is -0.273. The zero-order valence-corrected chi connectivity index (χ0v) is 24.0. The molecule has 1 unspecified atom stereocenters. The number of fused-ring (bicyclic) bond motifs is 7. The molecule has 7 heteroatoms. The first-order chi connectivity index (χ1) is 17.9. The predicted octanol–water partition coefficient (Wildman–Crippen LogP) is 5.09. The van der Waals surface area contributed by atoms with Crippen LogP contribution in [0.4, 0.5) is 0 Å².